The average Bonchev–Trinajstić information content (AvgIpc) is 2.74. The van der Waals surface area contributed by atoms with E-state index in [0.717, 1.165) is 48.8 Å². The van der Waals surface area contributed by atoms with Crippen LogP contribution in [0.25, 0.3) is 5.69 Å². The predicted molar refractivity (Wildman–Crippen MR) is 82.9 cm³/mol. The molecule has 0 amide bonds. The Balaban J connectivity index is 2.41. The largest absolute Gasteiger partial charge is 0.432 e. The third-order valence-corrected chi connectivity index (χ3v) is 3.39. The lowest BCUT2D eigenvalue weighted by Crippen LogP contribution is -2.20. The van der Waals surface area contributed by atoms with Crippen molar-refractivity contribution in [3.8, 4) is 11.4 Å². The van der Waals surface area contributed by atoms with Crippen LogP contribution in [0.1, 0.15) is 43.6 Å². The van der Waals surface area contributed by atoms with Gasteiger partial charge in [0.15, 0.2) is 0 Å². The Morgan fingerprint density at radius 2 is 1.95 bits per heavy atom. The minimum atomic E-state index is -3.20. The summed E-state index contributed by atoms with van der Waals surface area (Å²) in [6.45, 7) is 6.66. The molecule has 0 fully saturated rings. The van der Waals surface area contributed by atoms with Gasteiger partial charge < -0.3 is 4.74 Å². The Kier molecular flexibility index (Phi) is 4.84. The van der Waals surface area contributed by atoms with Gasteiger partial charge in [0.1, 0.15) is 5.75 Å². The number of ether oxygens (including phenoxy) is 1. The molecular formula is C17H22F2N2O. The number of aromatic nitrogens is 2. The van der Waals surface area contributed by atoms with Crippen molar-refractivity contribution in [2.45, 2.75) is 53.1 Å². The van der Waals surface area contributed by atoms with Crippen molar-refractivity contribution in [1.82, 2.24) is 9.78 Å². The summed E-state index contributed by atoms with van der Waals surface area (Å²) in [5.41, 5.74) is 3.36. The number of halogens is 2. The first-order chi connectivity index (χ1) is 10.3. The number of aryl methyl sites for hydroxylation is 3. The van der Waals surface area contributed by atoms with E-state index in [1.807, 2.05) is 32.0 Å². The fraction of sp³-hybridized carbons (Fsp3) is 0.471. The Morgan fingerprint density at radius 3 is 2.50 bits per heavy atom. The number of hydrogen-bond donors (Lipinski definition) is 0. The van der Waals surface area contributed by atoms with Crippen LogP contribution < -0.4 is 4.74 Å². The number of alkyl halides is 2. The van der Waals surface area contributed by atoms with Crippen molar-refractivity contribution >= 4 is 0 Å². The molecule has 5 heteroatoms. The van der Waals surface area contributed by atoms with Gasteiger partial charge >= 0.3 is 6.11 Å². The first-order valence-electron chi connectivity index (χ1n) is 7.53. The van der Waals surface area contributed by atoms with Crippen LogP contribution >= 0.6 is 0 Å². The lowest BCUT2D eigenvalue weighted by Gasteiger charge is -2.18. The molecule has 0 atom stereocenters. The summed E-state index contributed by atoms with van der Waals surface area (Å²) in [5.74, 6) is 0.228. The highest BCUT2D eigenvalue weighted by Gasteiger charge is 2.25. The second-order valence-corrected chi connectivity index (χ2v) is 5.64. The zero-order valence-electron chi connectivity index (χ0n) is 13.5. The molecule has 0 N–H and O–H groups in total. The zero-order valence-corrected chi connectivity index (χ0v) is 13.5. The van der Waals surface area contributed by atoms with E-state index in [1.54, 1.807) is 10.7 Å². The minimum Gasteiger partial charge on any atom is -0.432 e. The van der Waals surface area contributed by atoms with Gasteiger partial charge in [0.25, 0.3) is 0 Å². The van der Waals surface area contributed by atoms with Gasteiger partial charge in [0, 0.05) is 18.7 Å². The van der Waals surface area contributed by atoms with E-state index in [9.17, 15) is 8.78 Å². The third-order valence-electron chi connectivity index (χ3n) is 3.39. The third kappa shape index (κ3) is 4.06. The van der Waals surface area contributed by atoms with Gasteiger partial charge in [-0.05, 0) is 44.4 Å². The van der Waals surface area contributed by atoms with Crippen LogP contribution in [0, 0.1) is 13.8 Å². The molecule has 22 heavy (non-hydrogen) atoms. The van der Waals surface area contributed by atoms with Crippen LogP contribution in [0.4, 0.5) is 8.78 Å². The fourth-order valence-electron chi connectivity index (χ4n) is 2.43. The van der Waals surface area contributed by atoms with Crippen LogP contribution in [0.3, 0.4) is 0 Å². The highest BCUT2D eigenvalue weighted by Crippen LogP contribution is 2.29. The molecule has 1 heterocycles. The predicted octanol–water partition coefficient (Wildman–Crippen LogP) is 4.82. The number of unbranched alkanes of at least 4 members (excludes halogenated alkanes) is 1. The number of benzene rings is 1. The standard InChI is InChI=1S/C17H22F2N2O/c1-5-6-7-14-8-9-15(11-16(14)22-17(4,18)19)21-13(3)10-12(2)20-21/h8-11H,5-7H2,1-4H3. The first-order valence-corrected chi connectivity index (χ1v) is 7.53. The van der Waals surface area contributed by atoms with E-state index >= 15 is 0 Å². The van der Waals surface area contributed by atoms with E-state index in [1.165, 1.54) is 0 Å². The van der Waals surface area contributed by atoms with Gasteiger partial charge in [-0.25, -0.2) is 4.68 Å². The van der Waals surface area contributed by atoms with Crippen LogP contribution in [0.2, 0.25) is 0 Å². The SMILES string of the molecule is CCCCc1ccc(-n2nc(C)cc2C)cc1OC(C)(F)F. The molecule has 0 saturated heterocycles. The second-order valence-electron chi connectivity index (χ2n) is 5.64. The zero-order chi connectivity index (χ0) is 16.3. The molecule has 0 unspecified atom stereocenters. The molecule has 120 valence electrons. The van der Waals surface area contributed by atoms with Crippen molar-refractivity contribution in [2.24, 2.45) is 0 Å². The van der Waals surface area contributed by atoms with E-state index in [0.29, 0.717) is 0 Å². The summed E-state index contributed by atoms with van der Waals surface area (Å²) in [5, 5.41) is 4.38. The number of hydrogen-bond acceptors (Lipinski definition) is 2. The smallest absolute Gasteiger partial charge is 0.394 e. The molecule has 1 aromatic carbocycles. The summed E-state index contributed by atoms with van der Waals surface area (Å²) < 4.78 is 33.2. The van der Waals surface area contributed by atoms with E-state index < -0.39 is 6.11 Å². The fourth-order valence-corrected chi connectivity index (χ4v) is 2.43. The summed E-state index contributed by atoms with van der Waals surface area (Å²) in [6.07, 6.45) is -0.542. The van der Waals surface area contributed by atoms with Gasteiger partial charge in [-0.3, -0.25) is 0 Å². The summed E-state index contributed by atoms with van der Waals surface area (Å²) in [6, 6.07) is 7.33. The number of rotatable bonds is 6. The van der Waals surface area contributed by atoms with Gasteiger partial charge in [0.05, 0.1) is 11.4 Å². The lowest BCUT2D eigenvalue weighted by molar-refractivity contribution is -0.159. The normalized spacial score (nSPS) is 11.7. The quantitative estimate of drug-likeness (QED) is 0.764. The lowest BCUT2D eigenvalue weighted by atomic mass is 10.1. The molecule has 0 radical (unpaired) electrons. The van der Waals surface area contributed by atoms with E-state index in [4.69, 9.17) is 4.74 Å². The topological polar surface area (TPSA) is 27.1 Å². The van der Waals surface area contributed by atoms with Crippen LogP contribution in [-0.2, 0) is 6.42 Å². The molecule has 2 rings (SSSR count). The first kappa shape index (κ1) is 16.5. The summed E-state index contributed by atoms with van der Waals surface area (Å²) in [7, 11) is 0. The van der Waals surface area contributed by atoms with E-state index in [-0.39, 0.29) is 5.75 Å². The molecule has 0 bridgehead atoms. The van der Waals surface area contributed by atoms with E-state index in [2.05, 4.69) is 12.0 Å². The van der Waals surface area contributed by atoms with Crippen molar-refractivity contribution in [2.75, 3.05) is 0 Å². The average molecular weight is 308 g/mol. The molecule has 0 aliphatic heterocycles. The van der Waals surface area contributed by atoms with Crippen LogP contribution in [-0.4, -0.2) is 15.9 Å². The maximum Gasteiger partial charge on any atom is 0.394 e. The Bertz CT molecular complexity index is 645. The second kappa shape index (κ2) is 6.46. The summed E-state index contributed by atoms with van der Waals surface area (Å²) in [4.78, 5) is 0. The Morgan fingerprint density at radius 1 is 1.23 bits per heavy atom. The monoisotopic (exact) mass is 308 g/mol. The highest BCUT2D eigenvalue weighted by molar-refractivity contribution is 5.45. The van der Waals surface area contributed by atoms with Crippen LogP contribution in [0.15, 0.2) is 24.3 Å². The molecule has 1 aromatic heterocycles. The Hall–Kier alpha value is -1.91. The van der Waals surface area contributed by atoms with Crippen molar-refractivity contribution in [3.63, 3.8) is 0 Å². The maximum absolute atomic E-state index is 13.3. The Labute approximate surface area is 129 Å². The number of nitrogens with zero attached hydrogens (tertiary/aromatic N) is 2. The van der Waals surface area contributed by atoms with Crippen LogP contribution in [0.5, 0.6) is 5.75 Å². The molecule has 0 spiro atoms. The molecule has 2 aromatic rings. The van der Waals surface area contributed by atoms with Crippen molar-refractivity contribution < 1.29 is 13.5 Å². The highest BCUT2D eigenvalue weighted by atomic mass is 19.3. The molecule has 0 aliphatic rings. The van der Waals surface area contributed by atoms with Gasteiger partial charge in [-0.15, -0.1) is 0 Å². The molecule has 0 aliphatic carbocycles. The maximum atomic E-state index is 13.3. The minimum absolute atomic E-state index is 0.228. The van der Waals surface area contributed by atoms with Gasteiger partial charge in [0.2, 0.25) is 0 Å². The molecule has 0 saturated carbocycles. The van der Waals surface area contributed by atoms with Gasteiger partial charge in [-0.1, -0.05) is 19.4 Å². The summed E-state index contributed by atoms with van der Waals surface area (Å²) >= 11 is 0. The van der Waals surface area contributed by atoms with Gasteiger partial charge in [-0.2, -0.15) is 13.9 Å². The van der Waals surface area contributed by atoms with Crippen molar-refractivity contribution in [3.05, 3.63) is 41.2 Å². The van der Waals surface area contributed by atoms with Crippen molar-refractivity contribution in [1.29, 1.82) is 0 Å². The molecular weight excluding hydrogens is 286 g/mol. The molecule has 3 nitrogen and oxygen atoms in total.